The van der Waals surface area contributed by atoms with E-state index in [9.17, 15) is 9.90 Å². The van der Waals surface area contributed by atoms with Gasteiger partial charge in [-0.25, -0.2) is 0 Å². The molecule has 3 nitrogen and oxygen atoms in total. The van der Waals surface area contributed by atoms with Gasteiger partial charge in [-0.3, -0.25) is 4.79 Å². The maximum atomic E-state index is 11.5. The summed E-state index contributed by atoms with van der Waals surface area (Å²) in [4.78, 5) is 11.5. The molecule has 0 aliphatic rings. The van der Waals surface area contributed by atoms with Crippen LogP contribution < -0.4 is 5.73 Å². The summed E-state index contributed by atoms with van der Waals surface area (Å²) in [5.74, 6) is -0.382. The molecule has 124 valence electrons. The number of primary amides is 1. The van der Waals surface area contributed by atoms with Gasteiger partial charge in [-0.1, -0.05) is 64.5 Å². The van der Waals surface area contributed by atoms with Crippen molar-refractivity contribution in [3.05, 3.63) is 12.2 Å². The minimum Gasteiger partial charge on any atom is -0.396 e. The lowest BCUT2D eigenvalue weighted by Gasteiger charge is -2.21. The average Bonchev–Trinajstić information content (AvgIpc) is 2.48. The van der Waals surface area contributed by atoms with Gasteiger partial charge in [0.1, 0.15) is 0 Å². The summed E-state index contributed by atoms with van der Waals surface area (Å²) in [7, 11) is 0. The van der Waals surface area contributed by atoms with Gasteiger partial charge in [0.15, 0.2) is 0 Å². The van der Waals surface area contributed by atoms with Crippen LogP contribution in [0.1, 0.15) is 78.1 Å². The molecular weight excluding hydrogens is 262 g/mol. The number of allylic oxidation sites excluding steroid dienone is 2. The highest BCUT2D eigenvalue weighted by molar-refractivity contribution is 5.76. The molecule has 0 aliphatic carbocycles. The maximum absolute atomic E-state index is 11.5. The SMILES string of the molecule is CCCC/C=C/CCCCCCC(C(N)=O)C(CC)CO. The third kappa shape index (κ3) is 10.5. The van der Waals surface area contributed by atoms with Gasteiger partial charge in [0.05, 0.1) is 0 Å². The summed E-state index contributed by atoms with van der Waals surface area (Å²) >= 11 is 0. The van der Waals surface area contributed by atoms with Crippen LogP contribution in [0.15, 0.2) is 12.2 Å². The highest BCUT2D eigenvalue weighted by Crippen LogP contribution is 2.22. The van der Waals surface area contributed by atoms with Crippen molar-refractivity contribution in [1.29, 1.82) is 0 Å². The third-order valence-electron chi connectivity index (χ3n) is 4.22. The molecule has 3 heteroatoms. The molecule has 2 atom stereocenters. The average molecular weight is 297 g/mol. The first kappa shape index (κ1) is 20.2. The van der Waals surface area contributed by atoms with Crippen LogP contribution in [0.25, 0.3) is 0 Å². The molecule has 0 aromatic carbocycles. The van der Waals surface area contributed by atoms with Crippen LogP contribution in [-0.2, 0) is 4.79 Å². The first-order valence-electron chi connectivity index (χ1n) is 8.72. The summed E-state index contributed by atoms with van der Waals surface area (Å²) in [6.07, 6.45) is 15.7. The van der Waals surface area contributed by atoms with Crippen molar-refractivity contribution >= 4 is 5.91 Å². The number of aliphatic hydroxyl groups excluding tert-OH is 1. The number of amides is 1. The topological polar surface area (TPSA) is 63.3 Å². The van der Waals surface area contributed by atoms with E-state index in [1.54, 1.807) is 0 Å². The zero-order chi connectivity index (χ0) is 15.9. The number of nitrogens with two attached hydrogens (primary N) is 1. The van der Waals surface area contributed by atoms with Crippen LogP contribution in [0, 0.1) is 11.8 Å². The first-order valence-corrected chi connectivity index (χ1v) is 8.72. The minimum absolute atomic E-state index is 0.0315. The lowest BCUT2D eigenvalue weighted by molar-refractivity contribution is -0.124. The molecule has 0 aromatic rings. The molecule has 1 amide bonds. The molecule has 0 radical (unpaired) electrons. The monoisotopic (exact) mass is 297 g/mol. The highest BCUT2D eigenvalue weighted by atomic mass is 16.3. The number of carbonyl (C=O) groups is 1. The first-order chi connectivity index (χ1) is 10.2. The Balaban J connectivity index is 3.67. The Morgan fingerprint density at radius 2 is 1.67 bits per heavy atom. The lowest BCUT2D eigenvalue weighted by Crippen LogP contribution is -2.31. The van der Waals surface area contributed by atoms with Gasteiger partial charge in [-0.15, -0.1) is 0 Å². The molecule has 0 aliphatic heterocycles. The molecule has 0 rings (SSSR count). The van der Waals surface area contributed by atoms with E-state index in [1.165, 1.54) is 32.1 Å². The lowest BCUT2D eigenvalue weighted by atomic mass is 9.86. The molecule has 3 N–H and O–H groups in total. The number of aliphatic hydroxyl groups is 1. The Morgan fingerprint density at radius 3 is 2.19 bits per heavy atom. The van der Waals surface area contributed by atoms with Crippen LogP contribution in [0.3, 0.4) is 0 Å². The van der Waals surface area contributed by atoms with E-state index >= 15 is 0 Å². The van der Waals surface area contributed by atoms with Crippen molar-refractivity contribution in [3.63, 3.8) is 0 Å². The van der Waals surface area contributed by atoms with Gasteiger partial charge in [0.2, 0.25) is 5.91 Å². The van der Waals surface area contributed by atoms with Gasteiger partial charge in [-0.05, 0) is 31.6 Å². The zero-order valence-corrected chi connectivity index (χ0v) is 14.0. The van der Waals surface area contributed by atoms with E-state index in [2.05, 4.69) is 19.1 Å². The second-order valence-corrected chi connectivity index (χ2v) is 5.96. The van der Waals surface area contributed by atoms with Gasteiger partial charge < -0.3 is 10.8 Å². The number of hydrogen-bond acceptors (Lipinski definition) is 2. The Morgan fingerprint density at radius 1 is 1.05 bits per heavy atom. The van der Waals surface area contributed by atoms with Crippen molar-refractivity contribution in [2.45, 2.75) is 78.1 Å². The van der Waals surface area contributed by atoms with Crippen LogP contribution >= 0.6 is 0 Å². The smallest absolute Gasteiger partial charge is 0.220 e. The fourth-order valence-corrected chi connectivity index (χ4v) is 2.69. The molecule has 0 saturated carbocycles. The fraction of sp³-hybridized carbons (Fsp3) is 0.833. The highest BCUT2D eigenvalue weighted by Gasteiger charge is 2.23. The maximum Gasteiger partial charge on any atom is 0.220 e. The van der Waals surface area contributed by atoms with Crippen molar-refractivity contribution in [2.24, 2.45) is 17.6 Å². The predicted octanol–water partition coefficient (Wildman–Crippen LogP) is 4.19. The quantitative estimate of drug-likeness (QED) is 0.373. The molecule has 2 unspecified atom stereocenters. The summed E-state index contributed by atoms with van der Waals surface area (Å²) < 4.78 is 0. The van der Waals surface area contributed by atoms with E-state index in [-0.39, 0.29) is 24.3 Å². The van der Waals surface area contributed by atoms with Crippen molar-refractivity contribution in [2.75, 3.05) is 6.61 Å². The summed E-state index contributed by atoms with van der Waals surface area (Å²) in [6, 6.07) is 0. The van der Waals surface area contributed by atoms with E-state index in [1.807, 2.05) is 6.92 Å². The van der Waals surface area contributed by atoms with Gasteiger partial charge >= 0.3 is 0 Å². The fourth-order valence-electron chi connectivity index (χ4n) is 2.69. The molecule has 0 heterocycles. The summed E-state index contributed by atoms with van der Waals surface area (Å²) in [6.45, 7) is 4.28. The van der Waals surface area contributed by atoms with E-state index in [4.69, 9.17) is 5.73 Å². The Labute approximate surface area is 131 Å². The Hall–Kier alpha value is -0.830. The Kier molecular flexibility index (Phi) is 13.6. The normalized spacial score (nSPS) is 14.4. The number of unbranched alkanes of at least 4 members (excludes halogenated alkanes) is 6. The van der Waals surface area contributed by atoms with Crippen molar-refractivity contribution < 1.29 is 9.90 Å². The second-order valence-electron chi connectivity index (χ2n) is 5.96. The van der Waals surface area contributed by atoms with E-state index in [0.29, 0.717) is 0 Å². The predicted molar refractivity (Wildman–Crippen MR) is 89.9 cm³/mol. The standard InChI is InChI=1S/C18H35NO2/c1-3-5-6-7-8-9-10-11-12-13-14-17(18(19)21)16(4-2)15-20/h7-8,16-17,20H,3-6,9-15H2,1-2H3,(H2,19,21)/b8-7+. The molecule has 21 heavy (non-hydrogen) atoms. The van der Waals surface area contributed by atoms with Gasteiger partial charge in [0.25, 0.3) is 0 Å². The molecule has 0 saturated heterocycles. The molecule has 0 aromatic heterocycles. The van der Waals surface area contributed by atoms with Crippen LogP contribution in [0.2, 0.25) is 0 Å². The van der Waals surface area contributed by atoms with Crippen molar-refractivity contribution in [3.8, 4) is 0 Å². The minimum atomic E-state index is -0.255. The Bertz CT molecular complexity index is 272. The van der Waals surface area contributed by atoms with Crippen LogP contribution in [-0.4, -0.2) is 17.6 Å². The molecular formula is C18H35NO2. The number of carbonyl (C=O) groups excluding carboxylic acids is 1. The molecule has 0 fully saturated rings. The zero-order valence-electron chi connectivity index (χ0n) is 14.0. The second kappa shape index (κ2) is 14.1. The van der Waals surface area contributed by atoms with Crippen LogP contribution in [0.4, 0.5) is 0 Å². The van der Waals surface area contributed by atoms with Crippen LogP contribution in [0.5, 0.6) is 0 Å². The largest absolute Gasteiger partial charge is 0.396 e. The summed E-state index contributed by atoms with van der Waals surface area (Å²) in [5, 5.41) is 9.29. The van der Waals surface area contributed by atoms with Gasteiger partial charge in [0, 0.05) is 12.5 Å². The summed E-state index contributed by atoms with van der Waals surface area (Å²) in [5.41, 5.74) is 5.45. The number of rotatable bonds is 14. The van der Waals surface area contributed by atoms with E-state index < -0.39 is 0 Å². The molecule has 0 bridgehead atoms. The van der Waals surface area contributed by atoms with E-state index in [0.717, 1.165) is 32.1 Å². The molecule has 0 spiro atoms. The van der Waals surface area contributed by atoms with Crippen molar-refractivity contribution in [1.82, 2.24) is 0 Å². The third-order valence-corrected chi connectivity index (χ3v) is 4.22. The number of hydrogen-bond donors (Lipinski definition) is 2. The van der Waals surface area contributed by atoms with Gasteiger partial charge in [-0.2, -0.15) is 0 Å².